The van der Waals surface area contributed by atoms with Crippen LogP contribution in [0, 0.1) is 5.92 Å². The van der Waals surface area contributed by atoms with Crippen LogP contribution in [0.3, 0.4) is 0 Å². The lowest BCUT2D eigenvalue weighted by Crippen LogP contribution is -2.47. The zero-order valence-corrected chi connectivity index (χ0v) is 18.2. The first kappa shape index (κ1) is 23.3. The first-order valence-corrected chi connectivity index (χ1v) is 9.86. The summed E-state index contributed by atoms with van der Waals surface area (Å²) >= 11 is 0. The first-order chi connectivity index (χ1) is 14.4. The van der Waals surface area contributed by atoms with Gasteiger partial charge in [0.05, 0.1) is 46.0 Å². The Morgan fingerprint density at radius 3 is 2.30 bits per heavy atom. The number of carbonyl (C=O) groups is 3. The van der Waals surface area contributed by atoms with Gasteiger partial charge in [-0.3, -0.25) is 14.4 Å². The highest BCUT2D eigenvalue weighted by molar-refractivity contribution is 5.99. The molecule has 166 valence electrons. The van der Waals surface area contributed by atoms with E-state index in [1.54, 1.807) is 24.9 Å². The Balaban J connectivity index is 2.10. The van der Waals surface area contributed by atoms with Gasteiger partial charge in [-0.1, -0.05) is 0 Å². The number of esters is 1. The van der Waals surface area contributed by atoms with Crippen LogP contribution in [0.25, 0.3) is 0 Å². The van der Waals surface area contributed by atoms with E-state index in [9.17, 15) is 14.4 Å². The Morgan fingerprint density at radius 1 is 1.07 bits per heavy atom. The number of rotatable bonds is 8. The Bertz CT molecular complexity index is 781. The number of ether oxygens (including phenoxy) is 4. The Hall–Kier alpha value is -2.97. The van der Waals surface area contributed by atoms with Crippen LogP contribution in [0.2, 0.25) is 0 Å². The number of carbonyl (C=O) groups excluding carboxylic acids is 3. The van der Waals surface area contributed by atoms with Crippen molar-refractivity contribution in [2.75, 3.05) is 54.6 Å². The van der Waals surface area contributed by atoms with E-state index in [1.807, 2.05) is 0 Å². The van der Waals surface area contributed by atoms with E-state index in [4.69, 9.17) is 18.9 Å². The lowest BCUT2D eigenvalue weighted by Gasteiger charge is -2.32. The molecule has 1 aromatic rings. The van der Waals surface area contributed by atoms with E-state index in [2.05, 4.69) is 0 Å². The average Bonchev–Trinajstić information content (AvgIpc) is 2.77. The molecule has 9 nitrogen and oxygen atoms in total. The second kappa shape index (κ2) is 10.7. The highest BCUT2D eigenvalue weighted by Gasteiger charge is 2.30. The van der Waals surface area contributed by atoms with Crippen molar-refractivity contribution in [2.45, 2.75) is 19.8 Å². The van der Waals surface area contributed by atoms with Crippen LogP contribution >= 0.6 is 0 Å². The minimum absolute atomic E-state index is 0.119. The molecular formula is C21H30N2O7. The molecule has 1 saturated heterocycles. The summed E-state index contributed by atoms with van der Waals surface area (Å²) in [5.74, 6) is -0.0848. The van der Waals surface area contributed by atoms with Crippen molar-refractivity contribution in [3.63, 3.8) is 0 Å². The van der Waals surface area contributed by atoms with Gasteiger partial charge >= 0.3 is 5.97 Å². The third-order valence-electron chi connectivity index (χ3n) is 5.05. The summed E-state index contributed by atoms with van der Waals surface area (Å²) in [5.41, 5.74) is 0.258. The molecule has 1 fully saturated rings. The van der Waals surface area contributed by atoms with Gasteiger partial charge in [-0.15, -0.1) is 0 Å². The maximum atomic E-state index is 13.0. The molecular weight excluding hydrogens is 392 g/mol. The van der Waals surface area contributed by atoms with Gasteiger partial charge < -0.3 is 28.7 Å². The summed E-state index contributed by atoms with van der Waals surface area (Å²) in [7, 11) is 5.96. The van der Waals surface area contributed by atoms with E-state index in [1.165, 1.54) is 32.3 Å². The largest absolute Gasteiger partial charge is 0.496 e. The van der Waals surface area contributed by atoms with Crippen LogP contribution in [0.15, 0.2) is 12.1 Å². The molecule has 1 aliphatic heterocycles. The van der Waals surface area contributed by atoms with Gasteiger partial charge in [-0.2, -0.15) is 0 Å². The van der Waals surface area contributed by atoms with Gasteiger partial charge in [0.1, 0.15) is 5.75 Å². The van der Waals surface area contributed by atoms with Crippen molar-refractivity contribution in [3.05, 3.63) is 17.7 Å². The van der Waals surface area contributed by atoms with Crippen molar-refractivity contribution in [2.24, 2.45) is 5.92 Å². The third-order valence-corrected chi connectivity index (χ3v) is 5.05. The number of likely N-dealkylation sites (N-methyl/N-ethyl adjacent to an activating group) is 1. The van der Waals surface area contributed by atoms with Crippen LogP contribution in [0.4, 0.5) is 0 Å². The van der Waals surface area contributed by atoms with Crippen LogP contribution < -0.4 is 14.2 Å². The molecule has 0 aliphatic carbocycles. The van der Waals surface area contributed by atoms with Crippen LogP contribution in [0.5, 0.6) is 17.2 Å². The number of hydrogen-bond acceptors (Lipinski definition) is 7. The minimum atomic E-state index is -0.389. The highest BCUT2D eigenvalue weighted by atomic mass is 16.5. The molecule has 2 amide bonds. The molecule has 0 N–H and O–H groups in total. The van der Waals surface area contributed by atoms with Crippen LogP contribution in [-0.2, 0) is 14.3 Å². The number of amides is 2. The Labute approximate surface area is 176 Å². The Kier molecular flexibility index (Phi) is 8.32. The summed E-state index contributed by atoms with van der Waals surface area (Å²) in [4.78, 5) is 40.7. The van der Waals surface area contributed by atoms with Crippen molar-refractivity contribution in [3.8, 4) is 17.2 Å². The molecule has 0 radical (unpaired) electrons. The second-order valence-electron chi connectivity index (χ2n) is 7.00. The van der Waals surface area contributed by atoms with E-state index in [-0.39, 0.29) is 35.8 Å². The highest BCUT2D eigenvalue weighted by Crippen LogP contribution is 2.35. The number of hydrogen-bond donors (Lipinski definition) is 0. The SMILES string of the molecule is CCOC(=O)C1CCCN(C(=O)CN(C)C(=O)c2cc(OC)c(OC)cc2OC)C1. The lowest BCUT2D eigenvalue weighted by molar-refractivity contribution is -0.151. The summed E-state index contributed by atoms with van der Waals surface area (Å²) < 4.78 is 20.9. The van der Waals surface area contributed by atoms with Crippen LogP contribution in [0.1, 0.15) is 30.1 Å². The maximum Gasteiger partial charge on any atom is 0.310 e. The smallest absolute Gasteiger partial charge is 0.310 e. The molecule has 0 saturated carbocycles. The summed E-state index contributed by atoms with van der Waals surface area (Å²) in [6.07, 6.45) is 1.41. The monoisotopic (exact) mass is 422 g/mol. The molecule has 1 atom stereocenters. The summed E-state index contributed by atoms with van der Waals surface area (Å²) in [6, 6.07) is 3.09. The third kappa shape index (κ3) is 5.34. The zero-order valence-electron chi connectivity index (χ0n) is 18.2. The standard InChI is InChI=1S/C21H30N2O7/c1-6-30-21(26)14-8-7-9-23(12-14)19(24)13-22(2)20(25)15-10-17(28-4)18(29-5)11-16(15)27-3/h10-11,14H,6-9,12-13H2,1-5H3. The molecule has 9 heteroatoms. The van der Waals surface area contributed by atoms with Crippen LogP contribution in [-0.4, -0.2) is 82.2 Å². The summed E-state index contributed by atoms with van der Waals surface area (Å²) in [5, 5.41) is 0. The molecule has 30 heavy (non-hydrogen) atoms. The van der Waals surface area contributed by atoms with Crippen molar-refractivity contribution >= 4 is 17.8 Å². The average molecular weight is 422 g/mol. The number of nitrogens with zero attached hydrogens (tertiary/aromatic N) is 2. The van der Waals surface area contributed by atoms with Gasteiger partial charge in [0.2, 0.25) is 5.91 Å². The molecule has 2 rings (SSSR count). The number of methoxy groups -OCH3 is 3. The van der Waals surface area contributed by atoms with E-state index in [0.29, 0.717) is 43.4 Å². The predicted octanol–water partition coefficient (Wildman–Crippen LogP) is 1.59. The number of piperidine rings is 1. The van der Waals surface area contributed by atoms with Gasteiger partial charge in [0.15, 0.2) is 11.5 Å². The molecule has 1 unspecified atom stereocenters. The second-order valence-corrected chi connectivity index (χ2v) is 7.00. The molecule has 0 spiro atoms. The number of likely N-dealkylation sites (tertiary alicyclic amines) is 1. The van der Waals surface area contributed by atoms with Gasteiger partial charge in [0.25, 0.3) is 5.91 Å². The molecule has 1 heterocycles. The molecule has 0 bridgehead atoms. The quantitative estimate of drug-likeness (QED) is 0.587. The Morgan fingerprint density at radius 2 is 1.70 bits per heavy atom. The maximum absolute atomic E-state index is 13.0. The molecule has 0 aromatic heterocycles. The van der Waals surface area contributed by atoms with Gasteiger partial charge in [0, 0.05) is 32.3 Å². The van der Waals surface area contributed by atoms with E-state index in [0.717, 1.165) is 6.42 Å². The summed E-state index contributed by atoms with van der Waals surface area (Å²) in [6.45, 7) is 2.81. The molecule has 1 aliphatic rings. The fraction of sp³-hybridized carbons (Fsp3) is 0.571. The fourth-order valence-corrected chi connectivity index (χ4v) is 3.43. The first-order valence-electron chi connectivity index (χ1n) is 9.86. The normalized spacial score (nSPS) is 15.9. The van der Waals surface area contributed by atoms with Gasteiger partial charge in [-0.05, 0) is 19.8 Å². The predicted molar refractivity (Wildman–Crippen MR) is 109 cm³/mol. The van der Waals surface area contributed by atoms with Crippen molar-refractivity contribution in [1.29, 1.82) is 0 Å². The lowest BCUT2D eigenvalue weighted by atomic mass is 9.98. The number of benzene rings is 1. The molecule has 1 aromatic carbocycles. The topological polar surface area (TPSA) is 94.6 Å². The van der Waals surface area contributed by atoms with Gasteiger partial charge in [-0.25, -0.2) is 0 Å². The fourth-order valence-electron chi connectivity index (χ4n) is 3.43. The van der Waals surface area contributed by atoms with E-state index < -0.39 is 0 Å². The zero-order chi connectivity index (χ0) is 22.3. The van der Waals surface area contributed by atoms with E-state index >= 15 is 0 Å². The van der Waals surface area contributed by atoms with Crippen molar-refractivity contribution < 1.29 is 33.3 Å². The van der Waals surface area contributed by atoms with Crippen molar-refractivity contribution in [1.82, 2.24) is 9.80 Å². The minimum Gasteiger partial charge on any atom is -0.496 e.